The van der Waals surface area contributed by atoms with E-state index < -0.39 is 20.1 Å². The normalized spacial score (nSPS) is 10.9. The minimum atomic E-state index is -4.94. The highest BCUT2D eigenvalue weighted by Gasteiger charge is 2.22. The fourth-order valence-corrected chi connectivity index (χ4v) is 2.74. The minimum absolute atomic E-state index is 0.239. The summed E-state index contributed by atoms with van der Waals surface area (Å²) >= 11 is 0. The van der Waals surface area contributed by atoms with E-state index in [-0.39, 0.29) is 11.4 Å². The topological polar surface area (TPSA) is 182 Å². The summed E-state index contributed by atoms with van der Waals surface area (Å²) in [6.45, 7) is 0. The molecule has 0 N–H and O–H groups in total. The molecule has 11 nitrogen and oxygen atoms in total. The number of pyridine rings is 1. The average Bonchev–Trinajstić information content (AvgIpc) is 2.63. The molecule has 2 aromatic carbocycles. The van der Waals surface area contributed by atoms with Gasteiger partial charge < -0.3 is 0 Å². The molecule has 29 heavy (non-hydrogen) atoms. The van der Waals surface area contributed by atoms with Crippen LogP contribution in [0.3, 0.4) is 0 Å². The molecule has 0 spiro atoms. The van der Waals surface area contributed by atoms with Crippen LogP contribution in [0.25, 0.3) is 10.9 Å². The van der Waals surface area contributed by atoms with Crippen LogP contribution in [0.15, 0.2) is 54.6 Å². The predicted octanol–water partition coefficient (Wildman–Crippen LogP) is -1.68. The Bertz CT molecular complexity index is 1060. The molecule has 0 saturated heterocycles. The first-order valence-corrected chi connectivity index (χ1v) is 9.11. The molecule has 0 atom stereocenters. The van der Waals surface area contributed by atoms with Crippen LogP contribution in [0.5, 0.6) is 0 Å². The number of aryl methyl sites for hydroxylation is 1. The van der Waals surface area contributed by atoms with Gasteiger partial charge in [-0.3, -0.25) is 20.2 Å². The van der Waals surface area contributed by atoms with E-state index in [1.54, 1.807) is 0 Å². The number of hydrogen-bond donors (Lipinski definition) is 0. The molecule has 12 heteroatoms. The Hall–Kier alpha value is -3.22. The van der Waals surface area contributed by atoms with E-state index in [1.807, 2.05) is 48.0 Å². The van der Waals surface area contributed by atoms with E-state index in [0.29, 0.717) is 12.0 Å². The maximum absolute atomic E-state index is 11.3. The number of nitrogens with zero attached hydrogens (tertiary/aromatic N) is 3. The lowest BCUT2D eigenvalue weighted by Crippen LogP contribution is -2.68. The van der Waals surface area contributed by atoms with Gasteiger partial charge in [-0.05, 0) is 18.2 Å². The average molecular weight is 424 g/mol. The molecule has 152 valence electrons. The molecule has 3 rings (SSSR count). The number of nitro groups is 2. The third kappa shape index (κ3) is 6.14. The van der Waals surface area contributed by atoms with Gasteiger partial charge in [-0.2, -0.15) is 4.57 Å². The van der Waals surface area contributed by atoms with Gasteiger partial charge in [0.15, 0.2) is 5.69 Å². The first-order chi connectivity index (χ1) is 13.5. The molecule has 0 aliphatic rings. The third-order valence-electron chi connectivity index (χ3n) is 4.03. The van der Waals surface area contributed by atoms with E-state index in [0.717, 1.165) is 22.7 Å². The molecule has 0 radical (unpaired) electrons. The van der Waals surface area contributed by atoms with Crippen LogP contribution in [-0.4, -0.2) is 9.85 Å². The number of rotatable bonds is 4. The van der Waals surface area contributed by atoms with Crippen molar-refractivity contribution in [2.45, 2.75) is 6.42 Å². The summed E-state index contributed by atoms with van der Waals surface area (Å²) in [5.41, 5.74) is 1.81. The van der Waals surface area contributed by atoms with Gasteiger partial charge >= 0.3 is 0 Å². The lowest BCUT2D eigenvalue weighted by molar-refractivity contribution is -2.00. The highest BCUT2D eigenvalue weighted by atomic mass is 35.7. The van der Waals surface area contributed by atoms with Gasteiger partial charge in [0.25, 0.3) is 11.4 Å². The molecule has 0 amide bonds. The third-order valence-corrected chi connectivity index (χ3v) is 4.03. The zero-order chi connectivity index (χ0) is 21.8. The number of para-hydroxylation sites is 1. The van der Waals surface area contributed by atoms with Crippen LogP contribution in [0.4, 0.5) is 11.4 Å². The lowest BCUT2D eigenvalue weighted by atomic mass is 10.0. The summed E-state index contributed by atoms with van der Waals surface area (Å²) < 4.78 is 35.9. The Balaban J connectivity index is 0.000000537. The SMILES string of the molecule is C[n+]1c(Cc2ccc([N+](=O)[O-])cc2[N+](=O)[O-])ccc2ccccc21.[O-][Cl+3]([O-])([O-])[O-]. The predicted molar refractivity (Wildman–Crippen MR) is 87.7 cm³/mol. The Morgan fingerprint density at radius 3 is 2.10 bits per heavy atom. The van der Waals surface area contributed by atoms with Crippen molar-refractivity contribution in [3.05, 3.63) is 86.1 Å². The van der Waals surface area contributed by atoms with E-state index in [2.05, 4.69) is 0 Å². The van der Waals surface area contributed by atoms with Crippen molar-refractivity contribution in [1.29, 1.82) is 0 Å². The van der Waals surface area contributed by atoms with Crippen LogP contribution >= 0.6 is 0 Å². The van der Waals surface area contributed by atoms with Gasteiger partial charge in [0.1, 0.15) is 7.05 Å². The smallest absolute Gasteiger partial charge is 0.258 e. The van der Waals surface area contributed by atoms with E-state index in [9.17, 15) is 20.2 Å². The highest BCUT2D eigenvalue weighted by Crippen LogP contribution is 2.26. The van der Waals surface area contributed by atoms with Crippen molar-refractivity contribution in [3.63, 3.8) is 0 Å². The summed E-state index contributed by atoms with van der Waals surface area (Å²) in [6, 6.07) is 15.5. The molecule has 0 unspecified atom stereocenters. The van der Waals surface area contributed by atoms with Crippen LogP contribution < -0.4 is 23.2 Å². The van der Waals surface area contributed by atoms with E-state index in [4.69, 9.17) is 18.6 Å². The van der Waals surface area contributed by atoms with Crippen molar-refractivity contribution in [2.24, 2.45) is 7.05 Å². The van der Waals surface area contributed by atoms with Crippen LogP contribution in [-0.2, 0) is 13.5 Å². The molecule has 0 saturated carbocycles. The summed E-state index contributed by atoms with van der Waals surface area (Å²) in [5, 5.41) is 23.2. The zero-order valence-electron chi connectivity index (χ0n) is 14.9. The van der Waals surface area contributed by atoms with Crippen molar-refractivity contribution in [2.75, 3.05) is 0 Å². The maximum atomic E-state index is 11.3. The maximum Gasteiger partial charge on any atom is 0.280 e. The van der Waals surface area contributed by atoms with Gasteiger partial charge in [0.2, 0.25) is 5.52 Å². The molecule has 1 aromatic heterocycles. The second-order valence-corrected chi connectivity index (χ2v) is 6.58. The monoisotopic (exact) mass is 423 g/mol. The summed E-state index contributed by atoms with van der Waals surface area (Å²) in [5.74, 6) is 0. The van der Waals surface area contributed by atoms with Crippen LogP contribution in [0.1, 0.15) is 11.3 Å². The van der Waals surface area contributed by atoms with E-state index in [1.165, 1.54) is 12.1 Å². The highest BCUT2D eigenvalue weighted by molar-refractivity contribution is 5.75. The van der Waals surface area contributed by atoms with E-state index >= 15 is 0 Å². The van der Waals surface area contributed by atoms with Crippen molar-refractivity contribution in [3.8, 4) is 0 Å². The summed E-state index contributed by atoms with van der Waals surface area (Å²) in [6.07, 6.45) is 0.315. The lowest BCUT2D eigenvalue weighted by Gasteiger charge is -2.17. The standard InChI is InChI=1S/C17H14N3O4.ClHO4/c1-18-14(8-6-12-4-2-3-5-16(12)18)10-13-7-9-15(19(21)22)11-17(13)20(23)24;2-1(3,4)5/h2-9,11H,10H2,1H3;(H,2,3,4,5)/q+1;/p-1. The van der Waals surface area contributed by atoms with Gasteiger partial charge in [-0.1, -0.05) is 12.1 Å². The van der Waals surface area contributed by atoms with Gasteiger partial charge in [-0.15, -0.1) is 10.2 Å². The number of aromatic nitrogens is 1. The number of hydrogen-bond acceptors (Lipinski definition) is 8. The minimum Gasteiger partial charge on any atom is -0.258 e. The molecule has 0 aliphatic heterocycles. The molecule has 0 bridgehead atoms. The Morgan fingerprint density at radius 2 is 1.52 bits per heavy atom. The van der Waals surface area contributed by atoms with Crippen LogP contribution in [0.2, 0.25) is 0 Å². The molecule has 0 fully saturated rings. The number of non-ortho nitro benzene ring substituents is 1. The van der Waals surface area contributed by atoms with Crippen molar-refractivity contribution in [1.82, 2.24) is 0 Å². The van der Waals surface area contributed by atoms with Gasteiger partial charge in [0.05, 0.1) is 22.3 Å². The fourth-order valence-electron chi connectivity index (χ4n) is 2.74. The Morgan fingerprint density at radius 1 is 0.897 bits per heavy atom. The molecule has 3 aromatic rings. The van der Waals surface area contributed by atoms with Gasteiger partial charge in [0, 0.05) is 29.1 Å². The molecular weight excluding hydrogens is 410 g/mol. The molecular formula is C17H14ClN3O8. The summed E-state index contributed by atoms with van der Waals surface area (Å²) in [7, 11) is -3.05. The number of nitro benzene ring substituents is 2. The van der Waals surface area contributed by atoms with Crippen molar-refractivity contribution < 1.29 is 43.3 Å². The fraction of sp³-hybridized carbons (Fsp3) is 0.118. The van der Waals surface area contributed by atoms with Gasteiger partial charge in [-0.25, -0.2) is 18.6 Å². The largest absolute Gasteiger partial charge is 0.280 e. The first-order valence-electron chi connectivity index (χ1n) is 7.87. The van der Waals surface area contributed by atoms with Crippen LogP contribution in [0, 0.1) is 30.5 Å². The number of fused-ring (bicyclic) bond motifs is 1. The Labute approximate surface area is 165 Å². The second-order valence-electron chi connectivity index (χ2n) is 5.82. The molecule has 0 aliphatic carbocycles. The first kappa shape index (κ1) is 22.1. The number of halogens is 1. The second kappa shape index (κ2) is 8.86. The van der Waals surface area contributed by atoms with Crippen molar-refractivity contribution >= 4 is 22.3 Å². The summed E-state index contributed by atoms with van der Waals surface area (Å²) in [4.78, 5) is 20.9. The Kier molecular flexibility index (Phi) is 6.74. The number of benzene rings is 2. The zero-order valence-corrected chi connectivity index (χ0v) is 15.6. The quantitative estimate of drug-likeness (QED) is 0.270. The molecule has 1 heterocycles.